The third-order valence-electron chi connectivity index (χ3n) is 3.21. The molecule has 3 rings (SSSR count). The van der Waals surface area contributed by atoms with Crippen molar-refractivity contribution in [2.75, 3.05) is 6.26 Å². The molecule has 0 saturated carbocycles. The first-order valence-electron chi connectivity index (χ1n) is 5.47. The topological polar surface area (TPSA) is 34.1 Å². The number of fused-ring (bicyclic) bond motifs is 3. The highest BCUT2D eigenvalue weighted by Crippen LogP contribution is 2.39. The molecule has 0 bridgehead atoms. The van der Waals surface area contributed by atoms with E-state index in [0.29, 0.717) is 4.90 Å². The lowest BCUT2D eigenvalue weighted by Gasteiger charge is -2.05. The third kappa shape index (κ3) is 1.58. The molecular formula is C14H12O2S. The quantitative estimate of drug-likeness (QED) is 0.659. The zero-order valence-corrected chi connectivity index (χ0v) is 10.3. The first kappa shape index (κ1) is 10.5. The van der Waals surface area contributed by atoms with Crippen molar-refractivity contribution in [2.45, 2.75) is 11.3 Å². The molecular weight excluding hydrogens is 232 g/mol. The Morgan fingerprint density at radius 3 is 2.41 bits per heavy atom. The van der Waals surface area contributed by atoms with Gasteiger partial charge in [0.2, 0.25) is 0 Å². The van der Waals surface area contributed by atoms with Crippen LogP contribution in [0.1, 0.15) is 11.1 Å². The lowest BCUT2D eigenvalue weighted by molar-refractivity contribution is 0.601. The molecule has 0 radical (unpaired) electrons. The summed E-state index contributed by atoms with van der Waals surface area (Å²) in [4.78, 5) is 0.464. The van der Waals surface area contributed by atoms with Crippen molar-refractivity contribution in [3.05, 3.63) is 53.6 Å². The summed E-state index contributed by atoms with van der Waals surface area (Å²) < 4.78 is 23.5. The molecule has 0 N–H and O–H groups in total. The molecule has 2 nitrogen and oxygen atoms in total. The molecule has 2 aromatic carbocycles. The SMILES string of the molecule is CS(=O)(=O)c1cccc2c1Cc1ccccc1-2. The van der Waals surface area contributed by atoms with Gasteiger partial charge in [0.1, 0.15) is 0 Å². The van der Waals surface area contributed by atoms with E-state index >= 15 is 0 Å². The van der Waals surface area contributed by atoms with E-state index in [1.165, 1.54) is 11.8 Å². The Bertz CT molecular complexity index is 700. The Balaban J connectivity index is 2.32. The van der Waals surface area contributed by atoms with E-state index in [-0.39, 0.29) is 0 Å². The molecule has 0 unspecified atom stereocenters. The summed E-state index contributed by atoms with van der Waals surface area (Å²) >= 11 is 0. The van der Waals surface area contributed by atoms with Crippen LogP contribution >= 0.6 is 0 Å². The molecule has 0 atom stereocenters. The van der Waals surface area contributed by atoms with Crippen molar-refractivity contribution in [1.82, 2.24) is 0 Å². The Morgan fingerprint density at radius 1 is 0.941 bits per heavy atom. The molecule has 86 valence electrons. The molecule has 0 aromatic heterocycles. The highest BCUT2D eigenvalue weighted by atomic mass is 32.2. The van der Waals surface area contributed by atoms with Crippen LogP contribution in [0.2, 0.25) is 0 Å². The summed E-state index contributed by atoms with van der Waals surface area (Å²) in [5, 5.41) is 0. The van der Waals surface area contributed by atoms with E-state index in [0.717, 1.165) is 23.1 Å². The van der Waals surface area contributed by atoms with Gasteiger partial charge in [-0.3, -0.25) is 0 Å². The van der Waals surface area contributed by atoms with Crippen molar-refractivity contribution in [3.8, 4) is 11.1 Å². The zero-order chi connectivity index (χ0) is 12.0. The van der Waals surface area contributed by atoms with Crippen molar-refractivity contribution < 1.29 is 8.42 Å². The molecule has 0 heterocycles. The third-order valence-corrected chi connectivity index (χ3v) is 4.39. The molecule has 0 saturated heterocycles. The molecule has 17 heavy (non-hydrogen) atoms. The summed E-state index contributed by atoms with van der Waals surface area (Å²) in [5.41, 5.74) is 4.37. The van der Waals surface area contributed by atoms with Crippen molar-refractivity contribution in [2.24, 2.45) is 0 Å². The van der Waals surface area contributed by atoms with E-state index in [4.69, 9.17) is 0 Å². The van der Waals surface area contributed by atoms with Gasteiger partial charge < -0.3 is 0 Å². The molecule has 0 fully saturated rings. The number of hydrogen-bond donors (Lipinski definition) is 0. The van der Waals surface area contributed by atoms with Crippen LogP contribution in [0, 0.1) is 0 Å². The highest BCUT2D eigenvalue weighted by Gasteiger charge is 2.23. The average molecular weight is 244 g/mol. The molecule has 1 aliphatic carbocycles. The van der Waals surface area contributed by atoms with Crippen LogP contribution in [0.5, 0.6) is 0 Å². The smallest absolute Gasteiger partial charge is 0.175 e. The van der Waals surface area contributed by atoms with Crippen LogP contribution < -0.4 is 0 Å². The molecule has 1 aliphatic rings. The second-order valence-electron chi connectivity index (χ2n) is 4.39. The molecule has 0 spiro atoms. The van der Waals surface area contributed by atoms with Gasteiger partial charge in [-0.1, -0.05) is 36.4 Å². The Hall–Kier alpha value is -1.61. The summed E-state index contributed by atoms with van der Waals surface area (Å²) in [6.07, 6.45) is 1.99. The summed E-state index contributed by atoms with van der Waals surface area (Å²) in [7, 11) is -3.15. The predicted molar refractivity (Wildman–Crippen MR) is 67.8 cm³/mol. The van der Waals surface area contributed by atoms with Crippen LogP contribution in [0.25, 0.3) is 11.1 Å². The minimum atomic E-state index is -3.15. The molecule has 0 aliphatic heterocycles. The average Bonchev–Trinajstić information content (AvgIpc) is 2.65. The Kier molecular flexibility index (Phi) is 2.13. The number of sulfone groups is 1. The summed E-state index contributed by atoms with van der Waals surface area (Å²) in [6, 6.07) is 13.6. The van der Waals surface area contributed by atoms with E-state index < -0.39 is 9.84 Å². The number of hydrogen-bond acceptors (Lipinski definition) is 2. The minimum absolute atomic E-state index is 0.464. The van der Waals surface area contributed by atoms with Crippen molar-refractivity contribution in [1.29, 1.82) is 0 Å². The lowest BCUT2D eigenvalue weighted by Crippen LogP contribution is -2.01. The highest BCUT2D eigenvalue weighted by molar-refractivity contribution is 7.90. The second-order valence-corrected chi connectivity index (χ2v) is 6.37. The Morgan fingerprint density at radius 2 is 1.65 bits per heavy atom. The van der Waals surface area contributed by atoms with Crippen LogP contribution in [0.3, 0.4) is 0 Å². The minimum Gasteiger partial charge on any atom is -0.224 e. The van der Waals surface area contributed by atoms with E-state index in [1.54, 1.807) is 6.07 Å². The van der Waals surface area contributed by atoms with Gasteiger partial charge in [-0.25, -0.2) is 8.42 Å². The molecule has 2 aromatic rings. The molecule has 0 amide bonds. The van der Waals surface area contributed by atoms with E-state index in [1.807, 2.05) is 30.3 Å². The van der Waals surface area contributed by atoms with Crippen molar-refractivity contribution in [3.63, 3.8) is 0 Å². The fourth-order valence-electron chi connectivity index (χ4n) is 2.48. The van der Waals surface area contributed by atoms with Gasteiger partial charge in [0.25, 0.3) is 0 Å². The fraction of sp³-hybridized carbons (Fsp3) is 0.143. The number of rotatable bonds is 1. The van der Waals surface area contributed by atoms with Gasteiger partial charge in [0, 0.05) is 6.26 Å². The van der Waals surface area contributed by atoms with Gasteiger partial charge in [-0.05, 0) is 34.7 Å². The van der Waals surface area contributed by atoms with E-state index in [9.17, 15) is 8.42 Å². The first-order valence-corrected chi connectivity index (χ1v) is 7.37. The zero-order valence-electron chi connectivity index (χ0n) is 9.47. The van der Waals surface area contributed by atoms with Crippen LogP contribution in [0.4, 0.5) is 0 Å². The largest absolute Gasteiger partial charge is 0.224 e. The summed E-state index contributed by atoms with van der Waals surface area (Å²) in [5.74, 6) is 0. The fourth-order valence-corrected chi connectivity index (χ4v) is 3.43. The molecule has 3 heteroatoms. The Labute approximate surface area is 101 Å². The summed E-state index contributed by atoms with van der Waals surface area (Å²) in [6.45, 7) is 0. The van der Waals surface area contributed by atoms with Crippen molar-refractivity contribution >= 4 is 9.84 Å². The monoisotopic (exact) mass is 244 g/mol. The maximum absolute atomic E-state index is 11.7. The first-order chi connectivity index (χ1) is 8.07. The van der Waals surface area contributed by atoms with Crippen LogP contribution in [-0.4, -0.2) is 14.7 Å². The van der Waals surface area contributed by atoms with Gasteiger partial charge in [-0.2, -0.15) is 0 Å². The maximum atomic E-state index is 11.7. The lowest BCUT2D eigenvalue weighted by atomic mass is 10.1. The van der Waals surface area contributed by atoms with Gasteiger partial charge >= 0.3 is 0 Å². The van der Waals surface area contributed by atoms with Gasteiger partial charge in [-0.15, -0.1) is 0 Å². The van der Waals surface area contributed by atoms with Crippen LogP contribution in [-0.2, 0) is 16.3 Å². The van der Waals surface area contributed by atoms with Crippen LogP contribution in [0.15, 0.2) is 47.4 Å². The van der Waals surface area contributed by atoms with E-state index in [2.05, 4.69) is 6.07 Å². The predicted octanol–water partition coefficient (Wildman–Crippen LogP) is 2.66. The van der Waals surface area contributed by atoms with Gasteiger partial charge in [0.05, 0.1) is 4.90 Å². The van der Waals surface area contributed by atoms with Gasteiger partial charge in [0.15, 0.2) is 9.84 Å². The standard InChI is InChI=1S/C14H12O2S/c1-17(15,16)14-8-4-7-12-11-6-3-2-5-10(11)9-13(12)14/h2-8H,9H2,1H3. The second kappa shape index (κ2) is 3.44. The maximum Gasteiger partial charge on any atom is 0.175 e. The number of benzene rings is 2. The normalized spacial score (nSPS) is 13.2.